The molecule has 0 rings (SSSR count). The fourth-order valence-corrected chi connectivity index (χ4v) is 0.665. The topological polar surface area (TPSA) is 20.2 Å². The highest BCUT2D eigenvalue weighted by atomic mass is 19.4. The summed E-state index contributed by atoms with van der Waals surface area (Å²) >= 11 is 0. The summed E-state index contributed by atoms with van der Waals surface area (Å²) in [6.45, 7) is 1.25. The van der Waals surface area contributed by atoms with Gasteiger partial charge < -0.3 is 5.11 Å². The molecule has 0 bridgehead atoms. The fourth-order valence-electron chi connectivity index (χ4n) is 0.665. The first-order valence-corrected chi connectivity index (χ1v) is 3.17. The minimum Gasteiger partial charge on any atom is -0.396 e. The van der Waals surface area contributed by atoms with Crippen LogP contribution in [0.2, 0.25) is 0 Å². The third kappa shape index (κ3) is 4.61. The van der Waals surface area contributed by atoms with Crippen molar-refractivity contribution >= 4 is 0 Å². The van der Waals surface area contributed by atoms with Crippen molar-refractivity contribution in [1.29, 1.82) is 0 Å². The van der Waals surface area contributed by atoms with Gasteiger partial charge in [-0.25, -0.2) is 0 Å². The van der Waals surface area contributed by atoms with Crippen LogP contribution < -0.4 is 0 Å². The van der Waals surface area contributed by atoms with Gasteiger partial charge in [-0.1, -0.05) is 13.3 Å². The normalized spacial score (nSPS) is 15.3. The second-order valence-corrected chi connectivity index (χ2v) is 2.28. The Morgan fingerprint density at radius 1 is 1.40 bits per heavy atom. The zero-order chi connectivity index (χ0) is 8.20. The van der Waals surface area contributed by atoms with Gasteiger partial charge in [0.1, 0.15) is 0 Å². The predicted molar refractivity (Wildman–Crippen MR) is 31.5 cm³/mol. The van der Waals surface area contributed by atoms with Crippen LogP contribution in [0, 0.1) is 5.92 Å². The number of hydrogen-bond acceptors (Lipinski definition) is 1. The molecule has 62 valence electrons. The standard InChI is InChI=1S/C6H11F3O/c1-2-5(4-10)3-6(7,8)9/h5,10H,2-4H2,1H3/t5-/m1/s1. The molecule has 1 nitrogen and oxygen atoms in total. The van der Waals surface area contributed by atoms with Gasteiger partial charge in [-0.05, 0) is 5.92 Å². The largest absolute Gasteiger partial charge is 0.396 e. The van der Waals surface area contributed by atoms with Crippen LogP contribution in [0.1, 0.15) is 19.8 Å². The van der Waals surface area contributed by atoms with E-state index in [1.165, 1.54) is 0 Å². The van der Waals surface area contributed by atoms with Crippen LogP contribution in [0.4, 0.5) is 13.2 Å². The third-order valence-corrected chi connectivity index (χ3v) is 1.36. The molecule has 1 atom stereocenters. The van der Waals surface area contributed by atoms with Gasteiger partial charge in [-0.3, -0.25) is 0 Å². The number of aliphatic hydroxyl groups excluding tert-OH is 1. The molecule has 10 heavy (non-hydrogen) atoms. The Balaban J connectivity index is 3.63. The fraction of sp³-hybridized carbons (Fsp3) is 1.00. The van der Waals surface area contributed by atoms with E-state index in [1.54, 1.807) is 6.92 Å². The highest BCUT2D eigenvalue weighted by Crippen LogP contribution is 2.25. The minimum absolute atomic E-state index is 0.371. The van der Waals surface area contributed by atoms with Crippen LogP contribution in [0.15, 0.2) is 0 Å². The molecule has 0 unspecified atom stereocenters. The van der Waals surface area contributed by atoms with Crippen molar-refractivity contribution in [3.8, 4) is 0 Å². The van der Waals surface area contributed by atoms with Gasteiger partial charge in [0.05, 0.1) is 0 Å². The molecule has 0 aliphatic carbocycles. The van der Waals surface area contributed by atoms with Crippen molar-refractivity contribution < 1.29 is 18.3 Å². The number of halogens is 3. The highest BCUT2D eigenvalue weighted by molar-refractivity contribution is 4.60. The Kier molecular flexibility index (Phi) is 3.71. The lowest BCUT2D eigenvalue weighted by molar-refractivity contribution is -0.147. The second-order valence-electron chi connectivity index (χ2n) is 2.28. The van der Waals surface area contributed by atoms with E-state index in [0.29, 0.717) is 6.42 Å². The lowest BCUT2D eigenvalue weighted by Crippen LogP contribution is -2.17. The number of aliphatic hydroxyl groups is 1. The summed E-state index contributed by atoms with van der Waals surface area (Å²) in [5.74, 6) is -0.625. The van der Waals surface area contributed by atoms with E-state index in [-0.39, 0.29) is 6.61 Å². The summed E-state index contributed by atoms with van der Waals surface area (Å²) in [6.07, 6.45) is -4.64. The number of alkyl halides is 3. The molecule has 0 fully saturated rings. The van der Waals surface area contributed by atoms with E-state index < -0.39 is 18.5 Å². The van der Waals surface area contributed by atoms with Crippen molar-refractivity contribution in [3.63, 3.8) is 0 Å². The zero-order valence-electron chi connectivity index (χ0n) is 5.78. The zero-order valence-corrected chi connectivity index (χ0v) is 5.78. The molecule has 0 aliphatic rings. The Labute approximate surface area is 57.9 Å². The van der Waals surface area contributed by atoms with Gasteiger partial charge in [0.2, 0.25) is 0 Å². The second kappa shape index (κ2) is 3.81. The van der Waals surface area contributed by atoms with E-state index in [4.69, 9.17) is 5.11 Å². The van der Waals surface area contributed by atoms with Gasteiger partial charge in [0, 0.05) is 13.0 Å². The van der Waals surface area contributed by atoms with Gasteiger partial charge in [0.25, 0.3) is 0 Å². The smallest absolute Gasteiger partial charge is 0.389 e. The van der Waals surface area contributed by atoms with E-state index in [1.807, 2.05) is 0 Å². The quantitative estimate of drug-likeness (QED) is 0.662. The summed E-state index contributed by atoms with van der Waals surface area (Å²) in [5, 5.41) is 8.39. The van der Waals surface area contributed by atoms with Gasteiger partial charge in [-0.15, -0.1) is 0 Å². The number of rotatable bonds is 3. The maximum absolute atomic E-state index is 11.6. The maximum atomic E-state index is 11.6. The van der Waals surface area contributed by atoms with E-state index in [9.17, 15) is 13.2 Å². The Bertz CT molecular complexity index is 85.5. The van der Waals surface area contributed by atoms with Crippen molar-refractivity contribution in [2.75, 3.05) is 6.61 Å². The minimum atomic E-state index is -4.14. The van der Waals surface area contributed by atoms with E-state index >= 15 is 0 Å². The van der Waals surface area contributed by atoms with Crippen LogP contribution in [0.5, 0.6) is 0 Å². The lowest BCUT2D eigenvalue weighted by atomic mass is 10.0. The van der Waals surface area contributed by atoms with Gasteiger partial charge >= 0.3 is 6.18 Å². The van der Waals surface area contributed by atoms with Crippen LogP contribution >= 0.6 is 0 Å². The molecule has 0 radical (unpaired) electrons. The van der Waals surface area contributed by atoms with Crippen LogP contribution in [0.25, 0.3) is 0 Å². The third-order valence-electron chi connectivity index (χ3n) is 1.36. The van der Waals surface area contributed by atoms with Crippen molar-refractivity contribution in [2.24, 2.45) is 5.92 Å². The molecule has 0 spiro atoms. The Hall–Kier alpha value is -0.250. The van der Waals surface area contributed by atoms with Crippen molar-refractivity contribution in [1.82, 2.24) is 0 Å². The summed E-state index contributed by atoms with van der Waals surface area (Å²) in [5.41, 5.74) is 0. The summed E-state index contributed by atoms with van der Waals surface area (Å²) in [4.78, 5) is 0. The first-order chi connectivity index (χ1) is 4.49. The SMILES string of the molecule is CC[C@@H](CO)CC(F)(F)F. The van der Waals surface area contributed by atoms with Crippen LogP contribution in [-0.4, -0.2) is 17.9 Å². The van der Waals surface area contributed by atoms with E-state index in [0.717, 1.165) is 0 Å². The molecule has 0 aliphatic heterocycles. The van der Waals surface area contributed by atoms with Crippen molar-refractivity contribution in [3.05, 3.63) is 0 Å². The lowest BCUT2D eigenvalue weighted by Gasteiger charge is -2.13. The molecule has 0 aromatic rings. The average molecular weight is 156 g/mol. The van der Waals surface area contributed by atoms with Crippen LogP contribution in [-0.2, 0) is 0 Å². The molecule has 0 aromatic heterocycles. The van der Waals surface area contributed by atoms with Gasteiger partial charge in [-0.2, -0.15) is 13.2 Å². The molecule has 0 heterocycles. The summed E-state index contributed by atoms with van der Waals surface area (Å²) < 4.78 is 34.7. The molecule has 1 N–H and O–H groups in total. The summed E-state index contributed by atoms with van der Waals surface area (Å²) in [7, 11) is 0. The average Bonchev–Trinajstić information content (AvgIpc) is 1.81. The molecular formula is C6H11F3O. The van der Waals surface area contributed by atoms with Crippen molar-refractivity contribution in [2.45, 2.75) is 25.9 Å². The van der Waals surface area contributed by atoms with E-state index in [2.05, 4.69) is 0 Å². The molecule has 0 aromatic carbocycles. The van der Waals surface area contributed by atoms with Crippen LogP contribution in [0.3, 0.4) is 0 Å². The maximum Gasteiger partial charge on any atom is 0.389 e. The monoisotopic (exact) mass is 156 g/mol. The molecule has 0 amide bonds. The Morgan fingerprint density at radius 3 is 2.00 bits per heavy atom. The molecule has 4 heteroatoms. The first kappa shape index (κ1) is 9.75. The number of hydrogen-bond donors (Lipinski definition) is 1. The molecule has 0 saturated carbocycles. The molecule has 0 saturated heterocycles. The molecular weight excluding hydrogens is 145 g/mol. The first-order valence-electron chi connectivity index (χ1n) is 3.17. The Morgan fingerprint density at radius 2 is 1.90 bits per heavy atom. The highest BCUT2D eigenvalue weighted by Gasteiger charge is 2.30. The van der Waals surface area contributed by atoms with Gasteiger partial charge in [0.15, 0.2) is 0 Å². The predicted octanol–water partition coefficient (Wildman–Crippen LogP) is 1.96. The summed E-state index contributed by atoms with van der Waals surface area (Å²) in [6, 6.07) is 0.